The van der Waals surface area contributed by atoms with Crippen LogP contribution < -0.4 is 0 Å². The highest BCUT2D eigenvalue weighted by Gasteiger charge is 2.42. The predicted molar refractivity (Wildman–Crippen MR) is 68.2 cm³/mol. The van der Waals surface area contributed by atoms with Gasteiger partial charge in [0.25, 0.3) is 0 Å². The molecule has 3 atom stereocenters. The highest BCUT2D eigenvalue weighted by molar-refractivity contribution is 6.01. The Labute approximate surface area is 109 Å². The van der Waals surface area contributed by atoms with E-state index in [1.54, 1.807) is 18.5 Å². The van der Waals surface area contributed by atoms with Crippen molar-refractivity contribution in [3.8, 4) is 0 Å². The summed E-state index contributed by atoms with van der Waals surface area (Å²) in [5.74, 6) is -0.906. The molecule has 2 aliphatic heterocycles. The Morgan fingerprint density at radius 2 is 2.32 bits per heavy atom. The number of hydrogen-bond donors (Lipinski definition) is 1. The van der Waals surface area contributed by atoms with Gasteiger partial charge in [-0.1, -0.05) is 6.07 Å². The van der Waals surface area contributed by atoms with Crippen LogP contribution in [0.5, 0.6) is 0 Å². The summed E-state index contributed by atoms with van der Waals surface area (Å²) >= 11 is 0. The Kier molecular flexibility index (Phi) is 2.20. The standard InChI is InChI=1S/C14H14N2O3/c17-14(18)9-2-1-3-10-13(9)16(7-15-10)11-6-8-4-5-12(11)19-8/h1-3,7-8,11-12H,4-6H2,(H,17,18). The molecule has 0 amide bonds. The zero-order chi connectivity index (χ0) is 13.0. The number of benzene rings is 1. The number of aromatic nitrogens is 2. The van der Waals surface area contributed by atoms with Crippen LogP contribution in [0.1, 0.15) is 35.7 Å². The Bertz CT molecular complexity index is 664. The van der Waals surface area contributed by atoms with Crippen LogP contribution in [0.2, 0.25) is 0 Å². The van der Waals surface area contributed by atoms with E-state index in [4.69, 9.17) is 4.74 Å². The molecule has 98 valence electrons. The molecule has 3 unspecified atom stereocenters. The number of imidazole rings is 1. The number of carboxylic acid groups (broad SMARTS) is 1. The minimum Gasteiger partial charge on any atom is -0.478 e. The topological polar surface area (TPSA) is 64.3 Å². The summed E-state index contributed by atoms with van der Waals surface area (Å²) in [4.78, 5) is 15.7. The fourth-order valence-electron chi connectivity index (χ4n) is 3.42. The minimum atomic E-state index is -0.906. The van der Waals surface area contributed by atoms with Crippen molar-refractivity contribution >= 4 is 17.0 Å². The van der Waals surface area contributed by atoms with Gasteiger partial charge in [-0.3, -0.25) is 0 Å². The monoisotopic (exact) mass is 258 g/mol. The van der Waals surface area contributed by atoms with Gasteiger partial charge in [-0.15, -0.1) is 0 Å². The fourth-order valence-corrected chi connectivity index (χ4v) is 3.42. The van der Waals surface area contributed by atoms with Crippen molar-refractivity contribution < 1.29 is 14.6 Å². The SMILES string of the molecule is O=C(O)c1cccc2ncn(C3CC4CCC3O4)c12. The molecule has 2 saturated heterocycles. The number of hydrogen-bond acceptors (Lipinski definition) is 3. The second kappa shape index (κ2) is 3.81. The number of carbonyl (C=O) groups is 1. The molecule has 0 spiro atoms. The van der Waals surface area contributed by atoms with E-state index < -0.39 is 5.97 Å². The van der Waals surface area contributed by atoms with Crippen LogP contribution in [0.4, 0.5) is 0 Å². The second-order valence-electron chi connectivity index (χ2n) is 5.31. The van der Waals surface area contributed by atoms with Crippen LogP contribution in [0, 0.1) is 0 Å². The first-order chi connectivity index (χ1) is 9.24. The highest BCUT2D eigenvalue weighted by Crippen LogP contribution is 2.42. The molecule has 2 fully saturated rings. The largest absolute Gasteiger partial charge is 0.478 e. The first kappa shape index (κ1) is 11.0. The molecular weight excluding hydrogens is 244 g/mol. The maximum Gasteiger partial charge on any atom is 0.337 e. The molecule has 5 heteroatoms. The van der Waals surface area contributed by atoms with Crippen molar-refractivity contribution in [2.45, 2.75) is 37.5 Å². The number of carboxylic acids is 1. The van der Waals surface area contributed by atoms with E-state index in [9.17, 15) is 9.90 Å². The van der Waals surface area contributed by atoms with Gasteiger partial charge >= 0.3 is 5.97 Å². The maximum atomic E-state index is 11.4. The summed E-state index contributed by atoms with van der Waals surface area (Å²) < 4.78 is 7.86. The van der Waals surface area contributed by atoms with Crippen LogP contribution in [0.25, 0.3) is 11.0 Å². The third-order valence-electron chi connectivity index (χ3n) is 4.26. The molecule has 2 bridgehead atoms. The number of aromatic carboxylic acids is 1. The Morgan fingerprint density at radius 3 is 3.00 bits per heavy atom. The first-order valence-corrected chi connectivity index (χ1v) is 6.58. The third-order valence-corrected chi connectivity index (χ3v) is 4.26. The van der Waals surface area contributed by atoms with Gasteiger partial charge in [0, 0.05) is 0 Å². The van der Waals surface area contributed by atoms with Crippen LogP contribution in [-0.4, -0.2) is 32.8 Å². The van der Waals surface area contributed by atoms with Crippen molar-refractivity contribution in [1.29, 1.82) is 0 Å². The lowest BCUT2D eigenvalue weighted by atomic mass is 9.95. The number of ether oxygens (including phenoxy) is 1. The minimum absolute atomic E-state index is 0.212. The molecule has 3 heterocycles. The molecule has 0 aliphatic carbocycles. The van der Waals surface area contributed by atoms with Crippen LogP contribution in [0.15, 0.2) is 24.5 Å². The van der Waals surface area contributed by atoms with E-state index in [2.05, 4.69) is 4.98 Å². The average Bonchev–Trinajstić information content (AvgIpc) is 3.11. The van der Waals surface area contributed by atoms with Crippen LogP contribution in [0.3, 0.4) is 0 Å². The molecule has 2 aliphatic rings. The van der Waals surface area contributed by atoms with Crippen molar-refractivity contribution in [3.05, 3.63) is 30.1 Å². The van der Waals surface area contributed by atoms with Gasteiger partial charge in [-0.05, 0) is 31.4 Å². The fraction of sp³-hybridized carbons (Fsp3) is 0.429. The van der Waals surface area contributed by atoms with E-state index in [1.165, 1.54) is 0 Å². The lowest BCUT2D eigenvalue weighted by molar-refractivity contribution is 0.0697. The Hall–Kier alpha value is -1.88. The van der Waals surface area contributed by atoms with Crippen molar-refractivity contribution in [1.82, 2.24) is 9.55 Å². The molecule has 2 aromatic rings. The maximum absolute atomic E-state index is 11.4. The molecule has 0 saturated carbocycles. The Balaban J connectivity index is 1.88. The zero-order valence-electron chi connectivity index (χ0n) is 10.3. The van der Waals surface area contributed by atoms with E-state index in [-0.39, 0.29) is 12.1 Å². The first-order valence-electron chi connectivity index (χ1n) is 6.58. The smallest absolute Gasteiger partial charge is 0.337 e. The lowest BCUT2D eigenvalue weighted by Crippen LogP contribution is -2.21. The summed E-state index contributed by atoms with van der Waals surface area (Å²) in [5, 5.41) is 9.33. The van der Waals surface area contributed by atoms with E-state index in [0.29, 0.717) is 11.7 Å². The molecule has 0 radical (unpaired) electrons. The molecule has 1 aromatic heterocycles. The van der Waals surface area contributed by atoms with Gasteiger partial charge < -0.3 is 14.4 Å². The lowest BCUT2D eigenvalue weighted by Gasteiger charge is -2.21. The molecule has 1 aromatic carbocycles. The summed E-state index contributed by atoms with van der Waals surface area (Å²) in [5.41, 5.74) is 1.77. The number of nitrogens with zero attached hydrogens (tertiary/aromatic N) is 2. The van der Waals surface area contributed by atoms with Crippen molar-refractivity contribution in [2.75, 3.05) is 0 Å². The normalized spacial score (nSPS) is 29.2. The molecule has 4 rings (SSSR count). The van der Waals surface area contributed by atoms with E-state index >= 15 is 0 Å². The van der Waals surface area contributed by atoms with Crippen molar-refractivity contribution in [3.63, 3.8) is 0 Å². The summed E-state index contributed by atoms with van der Waals surface area (Å²) in [6, 6.07) is 5.45. The number of fused-ring (bicyclic) bond motifs is 3. The van der Waals surface area contributed by atoms with Crippen LogP contribution >= 0.6 is 0 Å². The summed E-state index contributed by atoms with van der Waals surface area (Å²) in [7, 11) is 0. The molecular formula is C14H14N2O3. The zero-order valence-corrected chi connectivity index (χ0v) is 10.3. The second-order valence-corrected chi connectivity index (χ2v) is 5.31. The summed E-state index contributed by atoms with van der Waals surface area (Å²) in [6.07, 6.45) is 5.45. The quantitative estimate of drug-likeness (QED) is 0.897. The van der Waals surface area contributed by atoms with Gasteiger partial charge in [-0.2, -0.15) is 0 Å². The molecule has 1 N–H and O–H groups in total. The average molecular weight is 258 g/mol. The highest BCUT2D eigenvalue weighted by atomic mass is 16.5. The predicted octanol–water partition coefficient (Wildman–Crippen LogP) is 2.23. The van der Waals surface area contributed by atoms with Gasteiger partial charge in [0.2, 0.25) is 0 Å². The third kappa shape index (κ3) is 1.51. The Morgan fingerprint density at radius 1 is 1.42 bits per heavy atom. The van der Waals surface area contributed by atoms with Crippen molar-refractivity contribution in [2.24, 2.45) is 0 Å². The summed E-state index contributed by atoms with van der Waals surface area (Å²) in [6.45, 7) is 0. The van der Waals surface area contributed by atoms with Gasteiger partial charge in [0.05, 0.1) is 41.2 Å². The van der Waals surface area contributed by atoms with Gasteiger partial charge in [0.15, 0.2) is 0 Å². The number of para-hydroxylation sites is 1. The van der Waals surface area contributed by atoms with E-state index in [1.807, 2.05) is 10.6 Å². The van der Waals surface area contributed by atoms with Gasteiger partial charge in [0.1, 0.15) is 0 Å². The molecule has 5 nitrogen and oxygen atoms in total. The molecule has 19 heavy (non-hydrogen) atoms. The van der Waals surface area contributed by atoms with E-state index in [0.717, 1.165) is 30.3 Å². The number of rotatable bonds is 2. The van der Waals surface area contributed by atoms with Crippen LogP contribution in [-0.2, 0) is 4.74 Å². The van der Waals surface area contributed by atoms with Gasteiger partial charge in [-0.25, -0.2) is 9.78 Å².